The Hall–Kier alpha value is -2.29. The maximum Gasteiger partial charge on any atom is 0.228 e. The molecule has 2 aromatic rings. The second kappa shape index (κ2) is 6.05. The number of benzene rings is 2. The fraction of sp³-hybridized carbons (Fsp3) is 0.188. The van der Waals surface area contributed by atoms with Gasteiger partial charge < -0.3 is 11.1 Å². The Bertz CT molecular complexity index is 578. The molecule has 0 bridgehead atoms. The molecule has 3 N–H and O–H groups in total. The molecular formula is C16H18N2O. The van der Waals surface area contributed by atoms with Crippen LogP contribution in [0.3, 0.4) is 0 Å². The summed E-state index contributed by atoms with van der Waals surface area (Å²) in [6, 6.07) is 15.3. The van der Waals surface area contributed by atoms with Crippen LogP contribution in [0.5, 0.6) is 0 Å². The first-order valence-corrected chi connectivity index (χ1v) is 6.40. The van der Waals surface area contributed by atoms with Crippen molar-refractivity contribution < 1.29 is 4.79 Å². The molecule has 0 radical (unpaired) electrons. The summed E-state index contributed by atoms with van der Waals surface area (Å²) in [4.78, 5) is 11.9. The molecule has 3 nitrogen and oxygen atoms in total. The number of anilines is 2. The molecule has 1 amide bonds. The number of rotatable bonds is 4. The molecule has 0 saturated heterocycles. The number of amides is 1. The third kappa shape index (κ3) is 3.85. The minimum Gasteiger partial charge on any atom is -0.399 e. The van der Waals surface area contributed by atoms with Gasteiger partial charge in [-0.25, -0.2) is 0 Å². The summed E-state index contributed by atoms with van der Waals surface area (Å²) in [7, 11) is 0. The van der Waals surface area contributed by atoms with Crippen LogP contribution in [-0.2, 0) is 17.6 Å². The number of hydrogen-bond acceptors (Lipinski definition) is 2. The van der Waals surface area contributed by atoms with E-state index in [1.54, 1.807) is 0 Å². The molecule has 0 aliphatic heterocycles. The van der Waals surface area contributed by atoms with Crippen molar-refractivity contribution in [2.45, 2.75) is 19.8 Å². The first kappa shape index (κ1) is 13.1. The summed E-state index contributed by atoms with van der Waals surface area (Å²) in [6.45, 7) is 2.09. The van der Waals surface area contributed by atoms with Crippen LogP contribution in [-0.4, -0.2) is 5.91 Å². The fourth-order valence-corrected chi connectivity index (χ4v) is 1.96. The Balaban J connectivity index is 2.01. The van der Waals surface area contributed by atoms with Crippen molar-refractivity contribution >= 4 is 17.3 Å². The fourth-order valence-electron chi connectivity index (χ4n) is 1.96. The number of nitrogen functional groups attached to an aromatic ring is 1. The van der Waals surface area contributed by atoms with Crippen molar-refractivity contribution in [2.24, 2.45) is 0 Å². The van der Waals surface area contributed by atoms with E-state index in [0.29, 0.717) is 12.1 Å². The smallest absolute Gasteiger partial charge is 0.228 e. The lowest BCUT2D eigenvalue weighted by Crippen LogP contribution is -2.14. The molecule has 0 atom stereocenters. The molecule has 0 heterocycles. The number of hydrogen-bond donors (Lipinski definition) is 2. The van der Waals surface area contributed by atoms with Crippen LogP contribution in [0.15, 0.2) is 48.5 Å². The predicted molar refractivity (Wildman–Crippen MR) is 79.0 cm³/mol. The molecular weight excluding hydrogens is 236 g/mol. The van der Waals surface area contributed by atoms with Crippen LogP contribution in [0.2, 0.25) is 0 Å². The number of nitrogens with one attached hydrogen (secondary N) is 1. The monoisotopic (exact) mass is 254 g/mol. The highest BCUT2D eigenvalue weighted by atomic mass is 16.1. The minimum absolute atomic E-state index is 0.0288. The van der Waals surface area contributed by atoms with Gasteiger partial charge in [-0.15, -0.1) is 0 Å². The van der Waals surface area contributed by atoms with Gasteiger partial charge in [-0.1, -0.05) is 31.2 Å². The summed E-state index contributed by atoms with van der Waals surface area (Å²) in [6.07, 6.45) is 1.29. The summed E-state index contributed by atoms with van der Waals surface area (Å²) in [5, 5.41) is 2.90. The second-order valence-corrected chi connectivity index (χ2v) is 4.52. The molecule has 0 spiro atoms. The van der Waals surface area contributed by atoms with Crippen LogP contribution in [0.1, 0.15) is 18.1 Å². The lowest BCUT2D eigenvalue weighted by Gasteiger charge is -2.07. The van der Waals surface area contributed by atoms with E-state index in [0.717, 1.165) is 17.7 Å². The van der Waals surface area contributed by atoms with Crippen LogP contribution in [0.25, 0.3) is 0 Å². The normalized spacial score (nSPS) is 10.2. The van der Waals surface area contributed by atoms with Crippen molar-refractivity contribution in [3.8, 4) is 0 Å². The predicted octanol–water partition coefficient (Wildman–Crippen LogP) is 3.01. The summed E-state index contributed by atoms with van der Waals surface area (Å²) in [5.74, 6) is -0.0288. The topological polar surface area (TPSA) is 55.1 Å². The zero-order valence-electron chi connectivity index (χ0n) is 11.0. The van der Waals surface area contributed by atoms with Gasteiger partial charge in [0, 0.05) is 11.4 Å². The summed E-state index contributed by atoms with van der Waals surface area (Å²) in [5.41, 5.74) is 9.34. The standard InChI is InChI=1S/C16H18N2O/c1-2-12-5-4-8-15(10-12)18-16(19)11-13-6-3-7-14(17)9-13/h3-10H,2,11,17H2,1H3,(H,18,19). The average Bonchev–Trinajstić information content (AvgIpc) is 2.38. The molecule has 0 unspecified atom stereocenters. The van der Waals surface area contributed by atoms with Gasteiger partial charge in [-0.2, -0.15) is 0 Å². The minimum atomic E-state index is -0.0288. The van der Waals surface area contributed by atoms with Gasteiger partial charge in [0.25, 0.3) is 0 Å². The van der Waals surface area contributed by atoms with Crippen molar-refractivity contribution in [1.29, 1.82) is 0 Å². The Labute approximate surface area is 113 Å². The highest BCUT2D eigenvalue weighted by molar-refractivity contribution is 5.92. The van der Waals surface area contributed by atoms with Gasteiger partial charge in [0.1, 0.15) is 0 Å². The van der Waals surface area contributed by atoms with E-state index in [4.69, 9.17) is 5.73 Å². The highest BCUT2D eigenvalue weighted by Crippen LogP contribution is 2.12. The Morgan fingerprint density at radius 1 is 1.11 bits per heavy atom. The quantitative estimate of drug-likeness (QED) is 0.824. The zero-order chi connectivity index (χ0) is 13.7. The van der Waals surface area contributed by atoms with E-state index in [1.165, 1.54) is 5.56 Å². The van der Waals surface area contributed by atoms with Crippen LogP contribution < -0.4 is 11.1 Å². The first-order chi connectivity index (χ1) is 9.17. The molecule has 0 aliphatic rings. The molecule has 0 saturated carbocycles. The van der Waals surface area contributed by atoms with E-state index in [9.17, 15) is 4.79 Å². The maximum absolute atomic E-state index is 11.9. The molecule has 0 aliphatic carbocycles. The Morgan fingerprint density at radius 3 is 2.58 bits per heavy atom. The molecule has 2 rings (SSSR count). The van der Waals surface area contributed by atoms with E-state index in [2.05, 4.69) is 12.2 Å². The number of carbonyl (C=O) groups is 1. The van der Waals surface area contributed by atoms with Gasteiger partial charge in [-0.05, 0) is 41.8 Å². The molecule has 98 valence electrons. The van der Waals surface area contributed by atoms with E-state index < -0.39 is 0 Å². The number of aryl methyl sites for hydroxylation is 1. The SMILES string of the molecule is CCc1cccc(NC(=O)Cc2cccc(N)c2)c1. The van der Waals surface area contributed by atoms with Crippen molar-refractivity contribution in [3.05, 3.63) is 59.7 Å². The van der Waals surface area contributed by atoms with Gasteiger partial charge in [0.2, 0.25) is 5.91 Å². The summed E-state index contributed by atoms with van der Waals surface area (Å²) >= 11 is 0. The third-order valence-corrected chi connectivity index (χ3v) is 2.93. The maximum atomic E-state index is 11.9. The Morgan fingerprint density at radius 2 is 1.84 bits per heavy atom. The van der Waals surface area contributed by atoms with E-state index in [-0.39, 0.29) is 5.91 Å². The van der Waals surface area contributed by atoms with Gasteiger partial charge in [-0.3, -0.25) is 4.79 Å². The van der Waals surface area contributed by atoms with Gasteiger partial charge >= 0.3 is 0 Å². The second-order valence-electron chi connectivity index (χ2n) is 4.52. The number of carbonyl (C=O) groups excluding carboxylic acids is 1. The average molecular weight is 254 g/mol. The van der Waals surface area contributed by atoms with Crippen molar-refractivity contribution in [2.75, 3.05) is 11.1 Å². The van der Waals surface area contributed by atoms with Crippen LogP contribution >= 0.6 is 0 Å². The zero-order valence-corrected chi connectivity index (χ0v) is 11.0. The van der Waals surface area contributed by atoms with Crippen molar-refractivity contribution in [3.63, 3.8) is 0 Å². The molecule has 0 aromatic heterocycles. The highest BCUT2D eigenvalue weighted by Gasteiger charge is 2.04. The molecule has 19 heavy (non-hydrogen) atoms. The largest absolute Gasteiger partial charge is 0.399 e. The van der Waals surface area contributed by atoms with Crippen molar-refractivity contribution in [1.82, 2.24) is 0 Å². The number of nitrogens with two attached hydrogens (primary N) is 1. The lowest BCUT2D eigenvalue weighted by atomic mass is 10.1. The van der Waals surface area contributed by atoms with Gasteiger partial charge in [0.05, 0.1) is 6.42 Å². The van der Waals surface area contributed by atoms with E-state index >= 15 is 0 Å². The molecule has 2 aromatic carbocycles. The van der Waals surface area contributed by atoms with Gasteiger partial charge in [0.15, 0.2) is 0 Å². The third-order valence-electron chi connectivity index (χ3n) is 2.93. The molecule has 3 heteroatoms. The van der Waals surface area contributed by atoms with Crippen LogP contribution in [0, 0.1) is 0 Å². The first-order valence-electron chi connectivity index (χ1n) is 6.40. The molecule has 0 fully saturated rings. The van der Waals surface area contributed by atoms with E-state index in [1.807, 2.05) is 48.5 Å². The Kier molecular flexibility index (Phi) is 4.18. The summed E-state index contributed by atoms with van der Waals surface area (Å²) < 4.78 is 0. The van der Waals surface area contributed by atoms with Crippen LogP contribution in [0.4, 0.5) is 11.4 Å². The lowest BCUT2D eigenvalue weighted by molar-refractivity contribution is -0.115.